The maximum absolute atomic E-state index is 10.7. The van der Waals surface area contributed by atoms with Gasteiger partial charge >= 0.3 is 0 Å². The summed E-state index contributed by atoms with van der Waals surface area (Å²) in [5.74, 6) is 0.816. The Morgan fingerprint density at radius 3 is 2.55 bits per heavy atom. The molecule has 0 spiro atoms. The molecule has 0 amide bonds. The minimum atomic E-state index is -0.703. The van der Waals surface area contributed by atoms with Crippen molar-refractivity contribution >= 4 is 22.4 Å². The summed E-state index contributed by atoms with van der Waals surface area (Å²) in [7, 11) is 0. The summed E-state index contributed by atoms with van der Waals surface area (Å²) in [5, 5.41) is 13.3. The molecule has 0 saturated heterocycles. The molecule has 1 N–H and O–H groups in total. The smallest absolute Gasteiger partial charge is 0.109 e. The molecule has 3 aromatic rings. The molecule has 1 unspecified atom stereocenters. The van der Waals surface area contributed by atoms with Gasteiger partial charge in [0.25, 0.3) is 0 Å². The second-order valence-corrected chi connectivity index (χ2v) is 5.14. The lowest BCUT2D eigenvalue weighted by molar-refractivity contribution is 0.219. The zero-order valence-corrected chi connectivity index (χ0v) is 11.9. The van der Waals surface area contributed by atoms with E-state index >= 15 is 0 Å². The van der Waals surface area contributed by atoms with Crippen molar-refractivity contribution < 1.29 is 9.52 Å². The maximum atomic E-state index is 10.7. The van der Waals surface area contributed by atoms with Gasteiger partial charge in [-0.15, -0.1) is 0 Å². The Bertz CT molecular complexity index is 746. The lowest BCUT2D eigenvalue weighted by atomic mass is 9.95. The molecule has 0 bridgehead atoms. The number of aryl methyl sites for hydroxylation is 1. The Balaban J connectivity index is 2.17. The average Bonchev–Trinajstić information content (AvgIpc) is 2.96. The van der Waals surface area contributed by atoms with E-state index in [1.165, 1.54) is 0 Å². The van der Waals surface area contributed by atoms with E-state index in [-0.39, 0.29) is 0 Å². The van der Waals surface area contributed by atoms with E-state index in [9.17, 15) is 5.11 Å². The topological polar surface area (TPSA) is 33.4 Å². The van der Waals surface area contributed by atoms with Crippen LogP contribution in [0.1, 0.15) is 29.9 Å². The van der Waals surface area contributed by atoms with Gasteiger partial charge in [0.2, 0.25) is 0 Å². The molecule has 3 heteroatoms. The van der Waals surface area contributed by atoms with E-state index in [1.54, 1.807) is 6.26 Å². The predicted octanol–water partition coefficient (Wildman–Crippen LogP) is 4.73. The molecule has 1 atom stereocenters. The second-order valence-electron chi connectivity index (χ2n) is 4.74. The average molecular weight is 287 g/mol. The number of hydrogen-bond acceptors (Lipinski definition) is 2. The summed E-state index contributed by atoms with van der Waals surface area (Å²) < 4.78 is 5.41. The van der Waals surface area contributed by atoms with Crippen molar-refractivity contribution in [2.75, 3.05) is 0 Å². The van der Waals surface area contributed by atoms with Crippen LogP contribution in [-0.2, 0) is 6.42 Å². The molecular formula is C17H15ClO2. The van der Waals surface area contributed by atoms with E-state index in [4.69, 9.17) is 16.0 Å². The van der Waals surface area contributed by atoms with Crippen LogP contribution >= 0.6 is 11.6 Å². The standard InChI is InChI=1S/C17H15ClO2/c1-2-16-14(9-10-20-16)17(19)13-7-8-15(18)12-6-4-3-5-11(12)13/h3-10,17,19H,2H2,1H3. The van der Waals surface area contributed by atoms with Gasteiger partial charge in [0.1, 0.15) is 11.9 Å². The van der Waals surface area contributed by atoms with Gasteiger partial charge in [-0.1, -0.05) is 48.9 Å². The van der Waals surface area contributed by atoms with Crippen molar-refractivity contribution in [1.82, 2.24) is 0 Å². The zero-order chi connectivity index (χ0) is 14.1. The molecule has 0 saturated carbocycles. The van der Waals surface area contributed by atoms with Crippen LogP contribution in [0.5, 0.6) is 0 Å². The number of halogens is 1. The molecule has 0 aliphatic heterocycles. The van der Waals surface area contributed by atoms with Gasteiger partial charge in [-0.25, -0.2) is 0 Å². The first-order valence-electron chi connectivity index (χ1n) is 6.64. The molecular weight excluding hydrogens is 272 g/mol. The number of hydrogen-bond donors (Lipinski definition) is 1. The molecule has 0 aliphatic carbocycles. The number of aliphatic hydroxyl groups excluding tert-OH is 1. The summed E-state index contributed by atoms with van der Waals surface area (Å²) in [5.41, 5.74) is 1.67. The van der Waals surface area contributed by atoms with E-state index in [2.05, 4.69) is 0 Å². The van der Waals surface area contributed by atoms with E-state index in [0.717, 1.165) is 34.1 Å². The van der Waals surface area contributed by atoms with Gasteiger partial charge in [0.05, 0.1) is 6.26 Å². The van der Waals surface area contributed by atoms with Gasteiger partial charge in [0.15, 0.2) is 0 Å². The Kier molecular flexibility index (Phi) is 3.51. The van der Waals surface area contributed by atoms with Crippen LogP contribution in [0.15, 0.2) is 53.1 Å². The molecule has 1 aromatic heterocycles. The van der Waals surface area contributed by atoms with Crippen LogP contribution in [0, 0.1) is 0 Å². The monoisotopic (exact) mass is 286 g/mol. The minimum Gasteiger partial charge on any atom is -0.469 e. The second kappa shape index (κ2) is 5.31. The number of benzene rings is 2. The molecule has 20 heavy (non-hydrogen) atoms. The number of fused-ring (bicyclic) bond motifs is 1. The fourth-order valence-electron chi connectivity index (χ4n) is 2.57. The van der Waals surface area contributed by atoms with Gasteiger partial charge in [0, 0.05) is 22.4 Å². The highest BCUT2D eigenvalue weighted by molar-refractivity contribution is 6.35. The Morgan fingerprint density at radius 1 is 1.05 bits per heavy atom. The van der Waals surface area contributed by atoms with E-state index in [0.29, 0.717) is 5.02 Å². The molecule has 2 nitrogen and oxygen atoms in total. The highest BCUT2D eigenvalue weighted by atomic mass is 35.5. The summed E-state index contributed by atoms with van der Waals surface area (Å²) in [4.78, 5) is 0. The van der Waals surface area contributed by atoms with E-state index in [1.807, 2.05) is 49.4 Å². The lowest BCUT2D eigenvalue weighted by Gasteiger charge is -2.14. The van der Waals surface area contributed by atoms with Gasteiger partial charge < -0.3 is 9.52 Å². The summed E-state index contributed by atoms with van der Waals surface area (Å²) in [6, 6.07) is 13.4. The highest BCUT2D eigenvalue weighted by Crippen LogP contribution is 2.34. The predicted molar refractivity (Wildman–Crippen MR) is 81.1 cm³/mol. The van der Waals surface area contributed by atoms with Crippen LogP contribution in [0.3, 0.4) is 0 Å². The molecule has 0 fully saturated rings. The molecule has 3 rings (SSSR count). The van der Waals surface area contributed by atoms with Crippen molar-refractivity contribution in [3.8, 4) is 0 Å². The van der Waals surface area contributed by atoms with Crippen LogP contribution in [0.4, 0.5) is 0 Å². The van der Waals surface area contributed by atoms with Gasteiger partial charge in [-0.3, -0.25) is 0 Å². The quantitative estimate of drug-likeness (QED) is 0.755. The lowest BCUT2D eigenvalue weighted by Crippen LogP contribution is -2.02. The van der Waals surface area contributed by atoms with Crippen molar-refractivity contribution in [2.45, 2.75) is 19.4 Å². The molecule has 2 aromatic carbocycles. The molecule has 102 valence electrons. The van der Waals surface area contributed by atoms with Crippen molar-refractivity contribution in [2.24, 2.45) is 0 Å². The van der Waals surface area contributed by atoms with Crippen LogP contribution < -0.4 is 0 Å². The largest absolute Gasteiger partial charge is 0.469 e. The Hall–Kier alpha value is -1.77. The maximum Gasteiger partial charge on any atom is 0.109 e. The number of aliphatic hydroxyl groups is 1. The fraction of sp³-hybridized carbons (Fsp3) is 0.176. The first-order chi connectivity index (χ1) is 9.72. The molecule has 0 radical (unpaired) electrons. The van der Waals surface area contributed by atoms with Crippen LogP contribution in [0.25, 0.3) is 10.8 Å². The number of rotatable bonds is 3. The third kappa shape index (κ3) is 2.11. The van der Waals surface area contributed by atoms with Crippen molar-refractivity contribution in [1.29, 1.82) is 0 Å². The minimum absolute atomic E-state index is 0.694. The summed E-state index contributed by atoms with van der Waals surface area (Å²) >= 11 is 6.22. The molecule has 0 aliphatic rings. The van der Waals surface area contributed by atoms with Gasteiger partial charge in [-0.05, 0) is 23.1 Å². The zero-order valence-electron chi connectivity index (χ0n) is 11.1. The van der Waals surface area contributed by atoms with E-state index < -0.39 is 6.10 Å². The summed E-state index contributed by atoms with van der Waals surface area (Å²) in [6.07, 6.45) is 1.67. The third-order valence-corrected chi connectivity index (χ3v) is 3.92. The Morgan fingerprint density at radius 2 is 1.80 bits per heavy atom. The van der Waals surface area contributed by atoms with Crippen molar-refractivity contribution in [3.63, 3.8) is 0 Å². The normalized spacial score (nSPS) is 12.8. The highest BCUT2D eigenvalue weighted by Gasteiger charge is 2.19. The molecule has 1 heterocycles. The third-order valence-electron chi connectivity index (χ3n) is 3.59. The van der Waals surface area contributed by atoms with Crippen LogP contribution in [-0.4, -0.2) is 5.11 Å². The van der Waals surface area contributed by atoms with Crippen LogP contribution in [0.2, 0.25) is 5.02 Å². The fourth-order valence-corrected chi connectivity index (χ4v) is 2.80. The summed E-state index contributed by atoms with van der Waals surface area (Å²) in [6.45, 7) is 2.01. The number of furan rings is 1. The van der Waals surface area contributed by atoms with Crippen molar-refractivity contribution in [3.05, 3.63) is 70.6 Å². The first kappa shape index (κ1) is 13.2. The van der Waals surface area contributed by atoms with Gasteiger partial charge in [-0.2, -0.15) is 0 Å². The SMILES string of the molecule is CCc1occc1C(O)c1ccc(Cl)c2ccccc12. The Labute approximate surface area is 122 Å². The first-order valence-corrected chi connectivity index (χ1v) is 7.01.